The Morgan fingerprint density at radius 2 is 1.82 bits per heavy atom. The fourth-order valence-electron chi connectivity index (χ4n) is 4.88. The predicted octanol–water partition coefficient (Wildman–Crippen LogP) is 7.29. The minimum atomic E-state index is -1.01. The van der Waals surface area contributed by atoms with Crippen LogP contribution >= 0.6 is 15.9 Å². The number of imidazole rings is 1. The van der Waals surface area contributed by atoms with Crippen molar-refractivity contribution in [1.29, 1.82) is 0 Å². The topological polar surface area (TPSA) is 99.4 Å². The fraction of sp³-hybridized carbons (Fsp3) is 0.167. The van der Waals surface area contributed by atoms with E-state index < -0.39 is 29.3 Å². The van der Waals surface area contributed by atoms with E-state index in [0.717, 1.165) is 10.0 Å². The number of anilines is 1. The maximum absolute atomic E-state index is 13.9. The highest BCUT2D eigenvalue weighted by Crippen LogP contribution is 2.42. The van der Waals surface area contributed by atoms with Gasteiger partial charge >= 0.3 is 0 Å². The molecule has 1 unspecified atom stereocenters. The molecule has 5 aromatic rings. The van der Waals surface area contributed by atoms with Crippen molar-refractivity contribution in [2.24, 2.45) is 0 Å². The molecule has 9 heteroatoms. The van der Waals surface area contributed by atoms with Crippen LogP contribution in [0, 0.1) is 5.82 Å². The number of nitrogens with one attached hydrogen (secondary N) is 1. The number of nitrogens with zero attached hydrogens (tertiary/aromatic N) is 2. The highest BCUT2D eigenvalue weighted by molar-refractivity contribution is 9.10. The second-order valence-corrected chi connectivity index (χ2v) is 11.5. The third-order valence-corrected chi connectivity index (χ3v) is 7.40. The number of furan rings is 1. The molecule has 0 aliphatic carbocycles. The number of hydrogen-bond acceptors (Lipinski definition) is 5. The van der Waals surface area contributed by atoms with Crippen LogP contribution in [0.3, 0.4) is 0 Å². The number of amides is 1. The quantitative estimate of drug-likeness (QED) is 0.215. The lowest BCUT2D eigenvalue weighted by Gasteiger charge is -2.25. The molecular formula is C30H23BrFN3O4. The summed E-state index contributed by atoms with van der Waals surface area (Å²) in [7, 11) is 0. The average Bonchev–Trinajstić information content (AvgIpc) is 3.57. The van der Waals surface area contributed by atoms with Crippen LogP contribution in [0.5, 0.6) is 0 Å². The van der Waals surface area contributed by atoms with E-state index in [-0.39, 0.29) is 22.7 Å². The van der Waals surface area contributed by atoms with E-state index in [2.05, 4.69) is 46.7 Å². The van der Waals surface area contributed by atoms with Gasteiger partial charge in [-0.3, -0.25) is 14.5 Å². The van der Waals surface area contributed by atoms with Crippen molar-refractivity contribution in [2.45, 2.75) is 32.2 Å². The smallest absolute Gasteiger partial charge is 0.296 e. The Kier molecular flexibility index (Phi) is 5.73. The zero-order valence-electron chi connectivity index (χ0n) is 21.3. The van der Waals surface area contributed by atoms with E-state index in [0.29, 0.717) is 27.6 Å². The van der Waals surface area contributed by atoms with E-state index in [1.54, 1.807) is 18.2 Å². The van der Waals surface area contributed by atoms with Gasteiger partial charge in [-0.25, -0.2) is 9.37 Å². The number of H-pyrrole nitrogens is 1. The highest BCUT2D eigenvalue weighted by atomic mass is 79.9. The summed E-state index contributed by atoms with van der Waals surface area (Å²) >= 11 is 3.41. The first-order valence-electron chi connectivity index (χ1n) is 12.3. The van der Waals surface area contributed by atoms with Gasteiger partial charge in [0.1, 0.15) is 11.4 Å². The van der Waals surface area contributed by atoms with Gasteiger partial charge in [0.25, 0.3) is 5.91 Å². The Bertz CT molecular complexity index is 1830. The summed E-state index contributed by atoms with van der Waals surface area (Å²) in [6.07, 6.45) is 0. The molecule has 1 aliphatic heterocycles. The van der Waals surface area contributed by atoms with Crippen LogP contribution in [0.2, 0.25) is 0 Å². The molecule has 0 spiro atoms. The third-order valence-electron chi connectivity index (χ3n) is 6.91. The van der Waals surface area contributed by atoms with Crippen LogP contribution in [0.1, 0.15) is 48.5 Å². The molecule has 0 bridgehead atoms. The number of fused-ring (bicyclic) bond motifs is 2. The Morgan fingerprint density at radius 1 is 1.08 bits per heavy atom. The molecule has 0 saturated heterocycles. The molecule has 0 fully saturated rings. The summed E-state index contributed by atoms with van der Waals surface area (Å²) in [4.78, 5) is 36.1. The van der Waals surface area contributed by atoms with E-state index >= 15 is 0 Å². The number of aliphatic hydroxyl groups excluding tert-OH is 1. The number of halogens is 2. The van der Waals surface area contributed by atoms with Crippen LogP contribution < -0.4 is 4.90 Å². The van der Waals surface area contributed by atoms with Crippen molar-refractivity contribution in [3.63, 3.8) is 0 Å². The molecule has 0 saturated carbocycles. The number of carbonyl (C=O) groups is 2. The van der Waals surface area contributed by atoms with E-state index in [9.17, 15) is 19.1 Å². The molecule has 1 amide bonds. The van der Waals surface area contributed by atoms with Crippen molar-refractivity contribution in [3.05, 3.63) is 105 Å². The highest BCUT2D eigenvalue weighted by Gasteiger charge is 2.46. The number of hydrogen-bond donors (Lipinski definition) is 2. The summed E-state index contributed by atoms with van der Waals surface area (Å²) in [6.45, 7) is 6.25. The number of aromatic nitrogens is 2. The van der Waals surface area contributed by atoms with Crippen LogP contribution in [-0.4, -0.2) is 26.8 Å². The lowest BCUT2D eigenvalue weighted by atomic mass is 9.85. The Hall–Kier alpha value is -4.24. The van der Waals surface area contributed by atoms with Gasteiger partial charge in [0.2, 0.25) is 11.7 Å². The number of rotatable bonds is 4. The largest absolute Gasteiger partial charge is 0.503 e. The van der Waals surface area contributed by atoms with E-state index in [1.807, 2.05) is 30.3 Å². The van der Waals surface area contributed by atoms with Crippen molar-refractivity contribution in [3.8, 4) is 0 Å². The van der Waals surface area contributed by atoms with Crippen LogP contribution in [0.4, 0.5) is 10.3 Å². The first kappa shape index (κ1) is 25.1. The fourth-order valence-corrected chi connectivity index (χ4v) is 5.26. The number of aromatic amines is 1. The summed E-state index contributed by atoms with van der Waals surface area (Å²) < 4.78 is 20.5. The molecular weight excluding hydrogens is 565 g/mol. The Labute approximate surface area is 231 Å². The molecule has 39 heavy (non-hydrogen) atoms. The predicted molar refractivity (Wildman–Crippen MR) is 149 cm³/mol. The monoisotopic (exact) mass is 587 g/mol. The lowest BCUT2D eigenvalue weighted by Crippen LogP contribution is -2.32. The zero-order valence-corrected chi connectivity index (χ0v) is 22.8. The first-order valence-corrected chi connectivity index (χ1v) is 13.1. The normalized spacial score (nSPS) is 16.2. The zero-order chi connectivity index (χ0) is 27.6. The first-order chi connectivity index (χ1) is 18.5. The minimum absolute atomic E-state index is 0.0118. The number of Topliss-reactive ketones (excluding diaryl/α,β-unsaturated/α-hetero) is 1. The molecule has 2 aromatic heterocycles. The number of carbonyl (C=O) groups excluding carboxylic acids is 2. The van der Waals surface area contributed by atoms with Crippen molar-refractivity contribution < 1.29 is 23.5 Å². The summed E-state index contributed by atoms with van der Waals surface area (Å²) in [6, 6.07) is 17.5. The van der Waals surface area contributed by atoms with Crippen molar-refractivity contribution >= 4 is 55.6 Å². The van der Waals surface area contributed by atoms with Gasteiger partial charge in [-0.05, 0) is 59.0 Å². The Morgan fingerprint density at radius 3 is 2.54 bits per heavy atom. The van der Waals surface area contributed by atoms with Gasteiger partial charge in [-0.1, -0.05) is 61.0 Å². The van der Waals surface area contributed by atoms with Crippen LogP contribution in [0.25, 0.3) is 22.0 Å². The average molecular weight is 588 g/mol. The molecule has 1 aliphatic rings. The number of benzene rings is 3. The summed E-state index contributed by atoms with van der Waals surface area (Å²) in [5.41, 5.74) is 2.71. The second kappa shape index (κ2) is 8.91. The number of ketones is 1. The molecule has 2 N–H and O–H groups in total. The minimum Gasteiger partial charge on any atom is -0.503 e. The standard InChI is InChI=1S/C30H23BrFN3O4/c1-30(2,3)17-6-4-15(5-7-17)25-24(26(36)23-13-16-12-18(31)8-11-22(16)39-23)27(37)28(38)35(25)29-33-20-10-9-19(32)14-21(20)34-29/h4-14,25,37H,1-3H3,(H,33,34). The summed E-state index contributed by atoms with van der Waals surface area (Å²) in [5.74, 6) is -2.52. The third kappa shape index (κ3) is 4.23. The molecule has 3 aromatic carbocycles. The van der Waals surface area contributed by atoms with Gasteiger partial charge in [0, 0.05) is 9.86 Å². The van der Waals surface area contributed by atoms with Crippen LogP contribution in [0.15, 0.2) is 87.0 Å². The lowest BCUT2D eigenvalue weighted by molar-refractivity contribution is -0.117. The summed E-state index contributed by atoms with van der Waals surface area (Å²) in [5, 5.41) is 11.8. The van der Waals surface area contributed by atoms with E-state index in [1.165, 1.54) is 23.1 Å². The van der Waals surface area contributed by atoms with Crippen molar-refractivity contribution in [1.82, 2.24) is 9.97 Å². The second-order valence-electron chi connectivity index (χ2n) is 10.6. The van der Waals surface area contributed by atoms with Gasteiger partial charge in [0.15, 0.2) is 11.5 Å². The maximum Gasteiger partial charge on any atom is 0.296 e. The van der Waals surface area contributed by atoms with Gasteiger partial charge in [-0.2, -0.15) is 0 Å². The molecule has 3 heterocycles. The van der Waals surface area contributed by atoms with Gasteiger partial charge in [0.05, 0.1) is 22.6 Å². The maximum atomic E-state index is 13.9. The SMILES string of the molecule is CC(C)(C)c1ccc(C2C(C(=O)c3cc4cc(Br)ccc4o3)=C(O)C(=O)N2c2nc3ccc(F)cc3[nH]2)cc1. The van der Waals surface area contributed by atoms with Crippen molar-refractivity contribution in [2.75, 3.05) is 4.90 Å². The molecule has 6 rings (SSSR count). The number of aliphatic hydroxyl groups is 1. The van der Waals surface area contributed by atoms with E-state index in [4.69, 9.17) is 4.42 Å². The molecule has 7 nitrogen and oxygen atoms in total. The van der Waals surface area contributed by atoms with Crippen LogP contribution in [-0.2, 0) is 10.2 Å². The van der Waals surface area contributed by atoms with Gasteiger partial charge < -0.3 is 14.5 Å². The molecule has 0 radical (unpaired) electrons. The molecule has 1 atom stereocenters. The Balaban J connectivity index is 1.50. The van der Waals surface area contributed by atoms with Gasteiger partial charge in [-0.15, -0.1) is 0 Å². The molecule has 196 valence electrons.